The molecule has 2 aliphatic heterocycles. The summed E-state index contributed by atoms with van der Waals surface area (Å²) in [6.45, 7) is 8.42. The van der Waals surface area contributed by atoms with E-state index >= 15 is 8.78 Å². The molecular formula is C43H47F2N5O4. The summed E-state index contributed by atoms with van der Waals surface area (Å²) in [7, 11) is 1.74. The Morgan fingerprint density at radius 1 is 0.889 bits per heavy atom. The summed E-state index contributed by atoms with van der Waals surface area (Å²) in [6.07, 6.45) is 1.64. The lowest BCUT2D eigenvalue weighted by Crippen LogP contribution is -2.49. The van der Waals surface area contributed by atoms with Crippen LogP contribution in [0.4, 0.5) is 13.6 Å². The van der Waals surface area contributed by atoms with Gasteiger partial charge in [0.1, 0.15) is 36.2 Å². The number of amides is 1. The van der Waals surface area contributed by atoms with Crippen LogP contribution in [-0.4, -0.2) is 75.2 Å². The van der Waals surface area contributed by atoms with Crippen molar-refractivity contribution in [3.05, 3.63) is 114 Å². The highest BCUT2D eigenvalue weighted by molar-refractivity contribution is 5.96. The number of halogens is 2. The molecule has 3 aromatic carbocycles. The lowest BCUT2D eigenvalue weighted by atomic mass is 9.92. The van der Waals surface area contributed by atoms with E-state index in [1.807, 2.05) is 84.9 Å². The minimum Gasteiger partial charge on any atom is -0.473 e. The van der Waals surface area contributed by atoms with Crippen molar-refractivity contribution in [3.8, 4) is 23.0 Å². The average Bonchev–Trinajstić information content (AvgIpc) is 3.51. The molecule has 5 aromatic rings. The third-order valence-electron chi connectivity index (χ3n) is 9.94. The summed E-state index contributed by atoms with van der Waals surface area (Å²) in [4.78, 5) is 20.9. The SMILES string of the molecule is Cn1nc(-c2ccc(OCc3ccccc3)nc2OCc2ccccc2)c2ccc(C3=CCN(C[C@@H]4CCN(C(=O)OC(C)(C)C)C[C@@H]4F)CC3)c(F)c21. The summed E-state index contributed by atoms with van der Waals surface area (Å²) in [5.74, 6) is 0.232. The Morgan fingerprint density at radius 3 is 2.22 bits per heavy atom. The molecule has 2 aliphatic rings. The molecule has 0 saturated carbocycles. The van der Waals surface area contributed by atoms with Crippen molar-refractivity contribution in [2.75, 3.05) is 32.7 Å². The van der Waals surface area contributed by atoms with Gasteiger partial charge in [0.05, 0.1) is 12.1 Å². The maximum atomic E-state index is 16.5. The first-order valence-electron chi connectivity index (χ1n) is 18.6. The van der Waals surface area contributed by atoms with Gasteiger partial charge in [0.2, 0.25) is 11.8 Å². The summed E-state index contributed by atoms with van der Waals surface area (Å²) in [5, 5.41) is 5.43. The van der Waals surface area contributed by atoms with E-state index in [1.54, 1.807) is 38.6 Å². The number of rotatable bonds is 10. The van der Waals surface area contributed by atoms with Crippen LogP contribution in [0.3, 0.4) is 0 Å². The molecule has 4 heterocycles. The minimum atomic E-state index is -1.13. The van der Waals surface area contributed by atoms with Crippen LogP contribution in [0, 0.1) is 11.7 Å². The quantitative estimate of drug-likeness (QED) is 0.142. The number of aryl methyl sites for hydroxylation is 1. The van der Waals surface area contributed by atoms with Crippen LogP contribution in [0.2, 0.25) is 0 Å². The van der Waals surface area contributed by atoms with Crippen LogP contribution in [0.25, 0.3) is 27.7 Å². The van der Waals surface area contributed by atoms with E-state index in [1.165, 1.54) is 4.90 Å². The predicted molar refractivity (Wildman–Crippen MR) is 205 cm³/mol. The zero-order valence-corrected chi connectivity index (χ0v) is 31.3. The first kappa shape index (κ1) is 37.0. The molecule has 2 atom stereocenters. The van der Waals surface area contributed by atoms with Gasteiger partial charge >= 0.3 is 6.09 Å². The van der Waals surface area contributed by atoms with E-state index in [-0.39, 0.29) is 24.9 Å². The van der Waals surface area contributed by atoms with Crippen molar-refractivity contribution in [1.82, 2.24) is 24.6 Å². The van der Waals surface area contributed by atoms with Crippen molar-refractivity contribution in [3.63, 3.8) is 0 Å². The molecular weight excluding hydrogens is 689 g/mol. The smallest absolute Gasteiger partial charge is 0.410 e. The van der Waals surface area contributed by atoms with Crippen molar-refractivity contribution in [1.29, 1.82) is 0 Å². The van der Waals surface area contributed by atoms with Crippen LogP contribution in [0.1, 0.15) is 50.3 Å². The lowest BCUT2D eigenvalue weighted by Gasteiger charge is -2.38. The summed E-state index contributed by atoms with van der Waals surface area (Å²) < 4.78 is 51.1. The number of likely N-dealkylation sites (tertiary alicyclic amines) is 1. The van der Waals surface area contributed by atoms with E-state index < -0.39 is 17.9 Å². The normalized spacial score (nSPS) is 18.0. The van der Waals surface area contributed by atoms with Gasteiger partial charge in [0.15, 0.2) is 5.82 Å². The topological polar surface area (TPSA) is 82.0 Å². The number of fused-ring (bicyclic) bond motifs is 1. The maximum Gasteiger partial charge on any atom is 0.410 e. The third kappa shape index (κ3) is 8.57. The Hall–Kier alpha value is -5.29. The van der Waals surface area contributed by atoms with Crippen LogP contribution in [0.15, 0.2) is 91.0 Å². The summed E-state index contributed by atoms with van der Waals surface area (Å²) in [6, 6.07) is 27.1. The summed E-state index contributed by atoms with van der Waals surface area (Å²) >= 11 is 0. The van der Waals surface area contributed by atoms with Gasteiger partial charge in [-0.2, -0.15) is 10.1 Å². The molecule has 9 nitrogen and oxygen atoms in total. The zero-order valence-electron chi connectivity index (χ0n) is 31.3. The molecule has 1 amide bonds. The fourth-order valence-corrected chi connectivity index (χ4v) is 7.13. The van der Waals surface area contributed by atoms with Gasteiger partial charge in [-0.05, 0) is 62.4 Å². The molecule has 2 aromatic heterocycles. The molecule has 54 heavy (non-hydrogen) atoms. The first-order valence-corrected chi connectivity index (χ1v) is 18.6. The molecule has 0 aliphatic carbocycles. The number of carbonyl (C=O) groups excluding carboxylic acids is 1. The van der Waals surface area contributed by atoms with E-state index in [0.717, 1.165) is 16.7 Å². The molecule has 11 heteroatoms. The molecule has 0 spiro atoms. The predicted octanol–water partition coefficient (Wildman–Crippen LogP) is 8.62. The lowest BCUT2D eigenvalue weighted by molar-refractivity contribution is 0.00200. The van der Waals surface area contributed by atoms with Gasteiger partial charge in [0.25, 0.3) is 0 Å². The largest absolute Gasteiger partial charge is 0.473 e. The molecule has 7 rings (SSSR count). The average molecular weight is 736 g/mol. The number of alkyl halides is 1. The van der Waals surface area contributed by atoms with Crippen molar-refractivity contribution < 1.29 is 27.8 Å². The van der Waals surface area contributed by atoms with Crippen LogP contribution >= 0.6 is 0 Å². The van der Waals surface area contributed by atoms with Gasteiger partial charge in [0, 0.05) is 56.2 Å². The van der Waals surface area contributed by atoms with E-state index in [9.17, 15) is 4.79 Å². The number of benzene rings is 3. The molecule has 0 radical (unpaired) electrons. The zero-order chi connectivity index (χ0) is 37.8. The number of nitrogens with zero attached hydrogens (tertiary/aromatic N) is 5. The highest BCUT2D eigenvalue weighted by Crippen LogP contribution is 2.38. The van der Waals surface area contributed by atoms with Crippen LogP contribution in [-0.2, 0) is 25.0 Å². The van der Waals surface area contributed by atoms with Crippen molar-refractivity contribution >= 4 is 22.6 Å². The van der Waals surface area contributed by atoms with Crippen molar-refractivity contribution in [2.45, 2.75) is 58.6 Å². The van der Waals surface area contributed by atoms with Crippen LogP contribution in [0.5, 0.6) is 11.8 Å². The number of pyridine rings is 1. The van der Waals surface area contributed by atoms with E-state index in [4.69, 9.17) is 24.3 Å². The number of ether oxygens (including phenoxy) is 3. The second-order valence-corrected chi connectivity index (χ2v) is 15.1. The molecule has 0 bridgehead atoms. The number of aromatic nitrogens is 3. The van der Waals surface area contributed by atoms with Crippen molar-refractivity contribution in [2.24, 2.45) is 13.0 Å². The third-order valence-corrected chi connectivity index (χ3v) is 9.94. The minimum absolute atomic E-state index is 0.0370. The van der Waals surface area contributed by atoms with Gasteiger partial charge in [-0.1, -0.05) is 72.8 Å². The molecule has 282 valence electrons. The highest BCUT2D eigenvalue weighted by atomic mass is 19.1. The van der Waals surface area contributed by atoms with E-state index in [0.29, 0.717) is 85.1 Å². The van der Waals surface area contributed by atoms with Crippen LogP contribution < -0.4 is 9.47 Å². The first-order chi connectivity index (χ1) is 26.0. The fourth-order valence-electron chi connectivity index (χ4n) is 7.13. The fraction of sp³-hybridized carbons (Fsp3) is 0.372. The van der Waals surface area contributed by atoms with Gasteiger partial charge in [-0.25, -0.2) is 13.6 Å². The Labute approximate surface area is 315 Å². The van der Waals surface area contributed by atoms with Gasteiger partial charge < -0.3 is 19.1 Å². The van der Waals surface area contributed by atoms with Gasteiger partial charge in [-0.3, -0.25) is 9.58 Å². The standard InChI is InChI=1S/C43H47F2N5O4/c1-43(2,3)54-42(51)50-24-21-32(36(44)26-50)25-49-22-19-31(20-23-49)33-15-16-34-39(47-48(4)40(34)38(33)45)35-17-18-37(52-27-29-11-7-5-8-12-29)46-41(35)53-28-30-13-9-6-10-14-30/h5-19,32,36H,20-28H2,1-4H3/t32-,36-/m0/s1. The molecule has 0 unspecified atom stereocenters. The number of hydrogen-bond acceptors (Lipinski definition) is 7. The maximum absolute atomic E-state index is 16.5. The second-order valence-electron chi connectivity index (χ2n) is 15.1. The molecule has 1 saturated heterocycles. The van der Waals surface area contributed by atoms with Gasteiger partial charge in [-0.15, -0.1) is 0 Å². The monoisotopic (exact) mass is 735 g/mol. The summed E-state index contributed by atoms with van der Waals surface area (Å²) in [5.41, 5.74) is 4.41. The number of carbonyl (C=O) groups is 1. The number of piperidine rings is 1. The molecule has 0 N–H and O–H groups in total. The Morgan fingerprint density at radius 2 is 1.57 bits per heavy atom. The Kier molecular flexibility index (Phi) is 11.0. The number of hydrogen-bond donors (Lipinski definition) is 0. The second kappa shape index (κ2) is 16.0. The Balaban J connectivity index is 1.07. The van der Waals surface area contributed by atoms with E-state index in [2.05, 4.69) is 4.90 Å². The Bertz CT molecular complexity index is 2120. The molecule has 1 fully saturated rings. The highest BCUT2D eigenvalue weighted by Gasteiger charge is 2.35.